The third-order valence-electron chi connectivity index (χ3n) is 2.71. The zero-order chi connectivity index (χ0) is 14.3. The van der Waals surface area contributed by atoms with Crippen LogP contribution in [0.4, 0.5) is 11.4 Å². The van der Waals surface area contributed by atoms with Gasteiger partial charge in [-0.05, 0) is 31.4 Å². The molecular weight excluding hydrogens is 266 g/mol. The van der Waals surface area contributed by atoms with Gasteiger partial charge >= 0.3 is 0 Å². The lowest BCUT2D eigenvalue weighted by Gasteiger charge is -2.11. The zero-order valence-electron chi connectivity index (χ0n) is 11.1. The van der Waals surface area contributed by atoms with Crippen LogP contribution in [0.25, 0.3) is 0 Å². The second kappa shape index (κ2) is 7.32. The van der Waals surface area contributed by atoms with Gasteiger partial charge in [0.1, 0.15) is 4.90 Å². The van der Waals surface area contributed by atoms with Gasteiger partial charge in [0, 0.05) is 20.3 Å². The van der Waals surface area contributed by atoms with Crippen LogP contribution in [0.5, 0.6) is 0 Å². The Balaban J connectivity index is 2.56. The molecule has 7 heteroatoms. The van der Waals surface area contributed by atoms with E-state index < -0.39 is 10.0 Å². The van der Waals surface area contributed by atoms with E-state index in [2.05, 4.69) is 5.32 Å². The van der Waals surface area contributed by atoms with E-state index in [1.54, 1.807) is 19.2 Å². The number of benzene rings is 1. The van der Waals surface area contributed by atoms with Crippen LogP contribution in [0.1, 0.15) is 19.3 Å². The molecule has 1 rings (SSSR count). The number of hydrogen-bond acceptors (Lipinski definition) is 5. The van der Waals surface area contributed by atoms with Crippen molar-refractivity contribution in [1.82, 2.24) is 0 Å². The van der Waals surface area contributed by atoms with E-state index >= 15 is 0 Å². The van der Waals surface area contributed by atoms with E-state index in [-0.39, 0.29) is 10.6 Å². The molecule has 0 saturated carbocycles. The molecule has 0 atom stereocenters. The van der Waals surface area contributed by atoms with Crippen molar-refractivity contribution in [1.29, 1.82) is 0 Å². The van der Waals surface area contributed by atoms with Crippen molar-refractivity contribution in [2.24, 2.45) is 5.14 Å². The predicted octanol–water partition coefficient (Wildman–Crippen LogP) is 1.14. The number of ether oxygens (including phenoxy) is 1. The topological polar surface area (TPSA) is 107 Å². The van der Waals surface area contributed by atoms with Crippen LogP contribution in [-0.4, -0.2) is 28.7 Å². The van der Waals surface area contributed by atoms with Crippen molar-refractivity contribution in [3.63, 3.8) is 0 Å². The van der Waals surface area contributed by atoms with Gasteiger partial charge in [0.25, 0.3) is 0 Å². The first-order valence-corrected chi connectivity index (χ1v) is 7.65. The molecule has 0 amide bonds. The van der Waals surface area contributed by atoms with Crippen LogP contribution in [-0.2, 0) is 14.8 Å². The van der Waals surface area contributed by atoms with Crippen LogP contribution in [0.2, 0.25) is 0 Å². The van der Waals surface area contributed by atoms with Crippen molar-refractivity contribution in [3.05, 3.63) is 18.2 Å². The number of para-hydroxylation sites is 1. The van der Waals surface area contributed by atoms with Crippen LogP contribution in [0.15, 0.2) is 23.1 Å². The molecule has 0 bridgehead atoms. The quantitative estimate of drug-likeness (QED) is 0.491. The third-order valence-corrected chi connectivity index (χ3v) is 3.68. The van der Waals surface area contributed by atoms with E-state index in [0.717, 1.165) is 32.4 Å². The number of nitrogen functional groups attached to an aromatic ring is 1. The van der Waals surface area contributed by atoms with Crippen LogP contribution in [0, 0.1) is 0 Å². The number of nitrogens with two attached hydrogens (primary N) is 2. The molecule has 6 nitrogen and oxygen atoms in total. The first-order chi connectivity index (χ1) is 8.96. The fraction of sp³-hybridized carbons (Fsp3) is 0.500. The Morgan fingerprint density at radius 1 is 1.26 bits per heavy atom. The van der Waals surface area contributed by atoms with E-state index in [4.69, 9.17) is 15.6 Å². The molecule has 0 aliphatic heterocycles. The van der Waals surface area contributed by atoms with Crippen molar-refractivity contribution in [3.8, 4) is 0 Å². The molecule has 0 fully saturated rings. The highest BCUT2D eigenvalue weighted by Crippen LogP contribution is 2.25. The Morgan fingerprint density at radius 3 is 2.63 bits per heavy atom. The van der Waals surface area contributed by atoms with Gasteiger partial charge < -0.3 is 15.8 Å². The van der Waals surface area contributed by atoms with Crippen molar-refractivity contribution >= 4 is 21.4 Å². The Hall–Kier alpha value is -1.31. The average molecular weight is 287 g/mol. The maximum Gasteiger partial charge on any atom is 0.240 e. The first kappa shape index (κ1) is 15.7. The maximum atomic E-state index is 11.3. The number of sulfonamides is 1. The van der Waals surface area contributed by atoms with Gasteiger partial charge in [-0.3, -0.25) is 0 Å². The molecule has 19 heavy (non-hydrogen) atoms. The Labute approximate surface area is 114 Å². The minimum absolute atomic E-state index is 0.0446. The second-order valence-electron chi connectivity index (χ2n) is 4.24. The van der Waals surface area contributed by atoms with E-state index in [1.807, 2.05) is 0 Å². The summed E-state index contributed by atoms with van der Waals surface area (Å²) in [6, 6.07) is 4.75. The van der Waals surface area contributed by atoms with Gasteiger partial charge in [-0.25, -0.2) is 13.6 Å². The standard InChI is InChI=1S/C12H21N3O3S/c1-18-9-4-2-3-8-15-10-6-5-7-11(12(10)13)19(14,16)17/h5-7,15H,2-4,8-9,13H2,1H3,(H2,14,16,17). The van der Waals surface area contributed by atoms with Crippen molar-refractivity contribution < 1.29 is 13.2 Å². The minimum atomic E-state index is -3.78. The predicted molar refractivity (Wildman–Crippen MR) is 76.4 cm³/mol. The van der Waals surface area contributed by atoms with Gasteiger partial charge in [-0.1, -0.05) is 6.07 Å². The molecule has 0 aliphatic carbocycles. The molecule has 0 unspecified atom stereocenters. The number of methoxy groups -OCH3 is 1. The Morgan fingerprint density at radius 2 is 2.00 bits per heavy atom. The van der Waals surface area contributed by atoms with E-state index in [9.17, 15) is 8.42 Å². The monoisotopic (exact) mass is 287 g/mol. The zero-order valence-corrected chi connectivity index (χ0v) is 11.9. The normalized spacial score (nSPS) is 11.5. The summed E-state index contributed by atoms with van der Waals surface area (Å²) in [6.45, 7) is 1.48. The summed E-state index contributed by atoms with van der Waals surface area (Å²) in [7, 11) is -2.10. The average Bonchev–Trinajstić information content (AvgIpc) is 2.34. The minimum Gasteiger partial charge on any atom is -0.396 e. The SMILES string of the molecule is COCCCCCNc1cccc(S(N)(=O)=O)c1N. The molecule has 0 saturated heterocycles. The van der Waals surface area contributed by atoms with Crippen molar-refractivity contribution in [2.45, 2.75) is 24.2 Å². The van der Waals surface area contributed by atoms with E-state index in [0.29, 0.717) is 5.69 Å². The Bertz CT molecular complexity index is 503. The smallest absolute Gasteiger partial charge is 0.240 e. The fourth-order valence-electron chi connectivity index (χ4n) is 1.72. The lowest BCUT2D eigenvalue weighted by atomic mass is 10.2. The molecule has 0 aromatic heterocycles. The molecular formula is C12H21N3O3S. The number of primary sulfonamides is 1. The molecule has 0 heterocycles. The highest BCUT2D eigenvalue weighted by molar-refractivity contribution is 7.89. The highest BCUT2D eigenvalue weighted by atomic mass is 32.2. The molecule has 0 spiro atoms. The summed E-state index contributed by atoms with van der Waals surface area (Å²) in [5.41, 5.74) is 6.55. The summed E-state index contributed by atoms with van der Waals surface area (Å²) in [5.74, 6) is 0. The highest BCUT2D eigenvalue weighted by Gasteiger charge is 2.14. The van der Waals surface area contributed by atoms with Gasteiger partial charge in [-0.15, -0.1) is 0 Å². The Kier molecular flexibility index (Phi) is 6.07. The molecule has 0 radical (unpaired) electrons. The lowest BCUT2D eigenvalue weighted by molar-refractivity contribution is 0.192. The summed E-state index contributed by atoms with van der Waals surface area (Å²) >= 11 is 0. The van der Waals surface area contributed by atoms with E-state index in [1.165, 1.54) is 6.07 Å². The lowest BCUT2D eigenvalue weighted by Crippen LogP contribution is -2.15. The largest absolute Gasteiger partial charge is 0.396 e. The number of unbranched alkanes of at least 4 members (excludes halogenated alkanes) is 2. The van der Waals surface area contributed by atoms with Gasteiger partial charge in [0.05, 0.1) is 11.4 Å². The van der Waals surface area contributed by atoms with Crippen LogP contribution in [0.3, 0.4) is 0 Å². The first-order valence-electron chi connectivity index (χ1n) is 6.11. The number of anilines is 2. The van der Waals surface area contributed by atoms with Gasteiger partial charge in [-0.2, -0.15) is 0 Å². The molecule has 0 aliphatic rings. The third kappa shape index (κ3) is 5.06. The second-order valence-corrected chi connectivity index (χ2v) is 5.77. The van der Waals surface area contributed by atoms with Crippen LogP contribution < -0.4 is 16.2 Å². The maximum absolute atomic E-state index is 11.3. The van der Waals surface area contributed by atoms with Crippen molar-refractivity contribution in [2.75, 3.05) is 31.3 Å². The molecule has 1 aromatic carbocycles. The fourth-order valence-corrected chi connectivity index (χ4v) is 2.40. The van der Waals surface area contributed by atoms with Gasteiger partial charge in [0.2, 0.25) is 10.0 Å². The number of hydrogen-bond donors (Lipinski definition) is 3. The molecule has 5 N–H and O–H groups in total. The van der Waals surface area contributed by atoms with Gasteiger partial charge in [0.15, 0.2) is 0 Å². The summed E-state index contributed by atoms with van der Waals surface area (Å²) < 4.78 is 27.6. The number of nitrogens with one attached hydrogen (secondary N) is 1. The molecule has 108 valence electrons. The number of rotatable bonds is 8. The summed E-state index contributed by atoms with van der Waals surface area (Å²) in [6.07, 6.45) is 3.00. The van der Waals surface area contributed by atoms with Crippen LogP contribution >= 0.6 is 0 Å². The molecule has 1 aromatic rings. The summed E-state index contributed by atoms with van der Waals surface area (Å²) in [4.78, 5) is -0.0446. The summed E-state index contributed by atoms with van der Waals surface area (Å²) in [5, 5.41) is 8.20.